The monoisotopic (exact) mass is 383 g/mol. The molecular formula is C22H41NO4. The number of nitrogens with zero attached hydrogens (tertiary/aromatic N) is 1. The minimum atomic E-state index is -0.465. The molecular weight excluding hydrogens is 342 g/mol. The lowest BCUT2D eigenvalue weighted by molar-refractivity contribution is -0.148. The normalized spacial score (nSPS) is 16.7. The third-order valence-corrected chi connectivity index (χ3v) is 5.04. The molecule has 0 N–H and O–H groups in total. The molecule has 0 aromatic rings. The molecule has 0 radical (unpaired) electrons. The van der Waals surface area contributed by atoms with Crippen LogP contribution in [0.5, 0.6) is 0 Å². The summed E-state index contributed by atoms with van der Waals surface area (Å²) in [6.45, 7) is 7.66. The minimum Gasteiger partial charge on any atom is -0.464 e. The molecule has 1 aliphatic rings. The predicted molar refractivity (Wildman–Crippen MR) is 109 cm³/mol. The molecule has 0 bridgehead atoms. The molecule has 0 aromatic carbocycles. The number of hydrogen-bond acceptors (Lipinski definition) is 4. The highest BCUT2D eigenvalue weighted by atomic mass is 16.6. The van der Waals surface area contributed by atoms with Crippen LogP contribution >= 0.6 is 0 Å². The second-order valence-electron chi connectivity index (χ2n) is 8.17. The average molecular weight is 384 g/mol. The molecule has 158 valence electrons. The lowest BCUT2D eigenvalue weighted by Crippen LogP contribution is -2.42. The van der Waals surface area contributed by atoms with Crippen LogP contribution in [0.25, 0.3) is 0 Å². The topological polar surface area (TPSA) is 55.8 Å². The zero-order valence-corrected chi connectivity index (χ0v) is 17.8. The summed E-state index contributed by atoms with van der Waals surface area (Å²) in [5.74, 6) is 0.0169. The molecule has 0 spiro atoms. The lowest BCUT2D eigenvalue weighted by atomic mass is 10.1. The molecule has 1 aliphatic heterocycles. The second kappa shape index (κ2) is 14.8. The Labute approximate surface area is 166 Å². The summed E-state index contributed by atoms with van der Waals surface area (Å²) in [5.41, 5.74) is 0. The van der Waals surface area contributed by atoms with Gasteiger partial charge in [0.15, 0.2) is 0 Å². The van der Waals surface area contributed by atoms with Gasteiger partial charge in [0.1, 0.15) is 6.04 Å². The summed E-state index contributed by atoms with van der Waals surface area (Å²) >= 11 is 0. The van der Waals surface area contributed by atoms with E-state index in [4.69, 9.17) is 9.47 Å². The Morgan fingerprint density at radius 1 is 0.926 bits per heavy atom. The Kier molecular flexibility index (Phi) is 13.0. The van der Waals surface area contributed by atoms with Gasteiger partial charge in [0, 0.05) is 6.54 Å². The molecule has 27 heavy (non-hydrogen) atoms. The van der Waals surface area contributed by atoms with Crippen molar-refractivity contribution in [3.8, 4) is 0 Å². The highest BCUT2D eigenvalue weighted by Crippen LogP contribution is 2.20. The van der Waals surface area contributed by atoms with Crippen LogP contribution in [0, 0.1) is 5.92 Å². The molecule has 5 heteroatoms. The van der Waals surface area contributed by atoms with Gasteiger partial charge in [-0.25, -0.2) is 9.59 Å². The first-order valence-electron chi connectivity index (χ1n) is 11.2. The average Bonchev–Trinajstić information content (AvgIpc) is 3.14. The van der Waals surface area contributed by atoms with Crippen LogP contribution in [0.4, 0.5) is 4.79 Å². The molecule has 5 nitrogen and oxygen atoms in total. The van der Waals surface area contributed by atoms with E-state index in [0.717, 1.165) is 19.3 Å². The van der Waals surface area contributed by atoms with E-state index in [-0.39, 0.29) is 12.1 Å². The van der Waals surface area contributed by atoms with Gasteiger partial charge in [-0.1, -0.05) is 78.6 Å². The van der Waals surface area contributed by atoms with Crippen LogP contribution < -0.4 is 0 Å². The smallest absolute Gasteiger partial charge is 0.410 e. The number of hydrogen-bond donors (Lipinski definition) is 0. The van der Waals surface area contributed by atoms with Crippen LogP contribution in [0.15, 0.2) is 0 Å². The van der Waals surface area contributed by atoms with Crippen molar-refractivity contribution in [2.24, 2.45) is 5.92 Å². The van der Waals surface area contributed by atoms with Crippen molar-refractivity contribution >= 4 is 12.1 Å². The van der Waals surface area contributed by atoms with Gasteiger partial charge in [0.2, 0.25) is 0 Å². The third kappa shape index (κ3) is 10.6. The minimum absolute atomic E-state index is 0.273. The molecule has 1 rings (SSSR count). The number of likely N-dealkylation sites (tertiary alicyclic amines) is 1. The summed E-state index contributed by atoms with van der Waals surface area (Å²) in [5, 5.41) is 0. The number of carbonyl (C=O) groups excluding carboxylic acids is 2. The van der Waals surface area contributed by atoms with Crippen molar-refractivity contribution in [2.75, 3.05) is 19.8 Å². The van der Waals surface area contributed by atoms with Crippen molar-refractivity contribution in [3.05, 3.63) is 0 Å². The number of carbonyl (C=O) groups is 2. The molecule has 0 aromatic heterocycles. The summed E-state index contributed by atoms with van der Waals surface area (Å²) in [6.07, 6.45) is 13.7. The lowest BCUT2D eigenvalue weighted by Gasteiger charge is -2.23. The fraction of sp³-hybridized carbons (Fsp3) is 0.909. The Hall–Kier alpha value is -1.26. The van der Waals surface area contributed by atoms with E-state index in [2.05, 4.69) is 6.92 Å². The van der Waals surface area contributed by atoms with Gasteiger partial charge < -0.3 is 9.47 Å². The van der Waals surface area contributed by atoms with Crippen molar-refractivity contribution in [3.63, 3.8) is 0 Å². The summed E-state index contributed by atoms with van der Waals surface area (Å²) in [4.78, 5) is 25.9. The molecule has 1 amide bonds. The number of rotatable bonds is 14. The zero-order valence-electron chi connectivity index (χ0n) is 17.8. The van der Waals surface area contributed by atoms with E-state index < -0.39 is 6.04 Å². The fourth-order valence-corrected chi connectivity index (χ4v) is 3.41. The van der Waals surface area contributed by atoms with Gasteiger partial charge >= 0.3 is 12.1 Å². The quantitative estimate of drug-likeness (QED) is 0.285. The number of esters is 1. The fourth-order valence-electron chi connectivity index (χ4n) is 3.41. The molecule has 1 unspecified atom stereocenters. The first kappa shape index (κ1) is 23.8. The third-order valence-electron chi connectivity index (χ3n) is 5.04. The van der Waals surface area contributed by atoms with Gasteiger partial charge in [0.05, 0.1) is 13.2 Å². The van der Waals surface area contributed by atoms with E-state index in [9.17, 15) is 9.59 Å². The largest absolute Gasteiger partial charge is 0.464 e. The maximum Gasteiger partial charge on any atom is 0.410 e. The first-order valence-corrected chi connectivity index (χ1v) is 11.2. The number of unbranched alkanes of at least 4 members (excludes halogenated alkanes) is 9. The molecule has 1 fully saturated rings. The Balaban J connectivity index is 2.07. The number of amides is 1. The molecule has 0 saturated carbocycles. The maximum atomic E-state index is 12.3. The van der Waals surface area contributed by atoms with Crippen LogP contribution in [0.1, 0.15) is 97.8 Å². The van der Waals surface area contributed by atoms with E-state index in [1.165, 1.54) is 56.3 Å². The van der Waals surface area contributed by atoms with Gasteiger partial charge in [0.25, 0.3) is 0 Å². The van der Waals surface area contributed by atoms with Crippen LogP contribution in [-0.4, -0.2) is 42.8 Å². The van der Waals surface area contributed by atoms with Crippen molar-refractivity contribution in [1.29, 1.82) is 0 Å². The highest BCUT2D eigenvalue weighted by Gasteiger charge is 2.36. The Bertz CT molecular complexity index is 411. The highest BCUT2D eigenvalue weighted by molar-refractivity contribution is 5.82. The second-order valence-corrected chi connectivity index (χ2v) is 8.17. The summed E-state index contributed by atoms with van der Waals surface area (Å²) in [7, 11) is 0. The van der Waals surface area contributed by atoms with Crippen molar-refractivity contribution in [2.45, 2.75) is 104 Å². The zero-order chi connectivity index (χ0) is 19.9. The standard InChI is InChI=1S/C22H41NO4/c1-4-5-6-7-8-9-10-11-12-13-17-26-21(24)20-15-14-16-23(20)22(25)27-18-19(2)3/h19-20H,4-18H2,1-3H3. The number of ether oxygens (including phenoxy) is 2. The van der Waals surface area contributed by atoms with Crippen molar-refractivity contribution in [1.82, 2.24) is 4.90 Å². The van der Waals surface area contributed by atoms with Crippen LogP contribution in [-0.2, 0) is 14.3 Å². The van der Waals surface area contributed by atoms with Gasteiger partial charge in [-0.2, -0.15) is 0 Å². The van der Waals surface area contributed by atoms with E-state index >= 15 is 0 Å². The molecule has 1 saturated heterocycles. The van der Waals surface area contributed by atoms with Gasteiger partial charge in [-0.15, -0.1) is 0 Å². The Morgan fingerprint density at radius 2 is 1.52 bits per heavy atom. The molecule has 0 aliphatic carbocycles. The van der Waals surface area contributed by atoms with E-state index in [1.54, 1.807) is 0 Å². The predicted octanol–water partition coefficient (Wildman–Crippen LogP) is 5.71. The van der Waals surface area contributed by atoms with Gasteiger partial charge in [-0.05, 0) is 25.2 Å². The first-order chi connectivity index (χ1) is 13.1. The van der Waals surface area contributed by atoms with Crippen LogP contribution in [0.3, 0.4) is 0 Å². The van der Waals surface area contributed by atoms with Gasteiger partial charge in [-0.3, -0.25) is 4.90 Å². The SMILES string of the molecule is CCCCCCCCCCCCOC(=O)C1CCCN1C(=O)OCC(C)C. The Morgan fingerprint density at radius 3 is 2.11 bits per heavy atom. The van der Waals surface area contributed by atoms with Crippen LogP contribution in [0.2, 0.25) is 0 Å². The molecule has 1 atom stereocenters. The van der Waals surface area contributed by atoms with Crippen molar-refractivity contribution < 1.29 is 19.1 Å². The van der Waals surface area contributed by atoms with E-state index in [1.807, 2.05) is 13.8 Å². The summed E-state index contributed by atoms with van der Waals surface area (Å²) in [6, 6.07) is -0.465. The summed E-state index contributed by atoms with van der Waals surface area (Å²) < 4.78 is 10.7. The van der Waals surface area contributed by atoms with E-state index in [0.29, 0.717) is 32.1 Å². The maximum absolute atomic E-state index is 12.3. The molecule has 1 heterocycles.